The second kappa shape index (κ2) is 9.27. The Bertz CT molecular complexity index is 998. The van der Waals surface area contributed by atoms with E-state index >= 15 is 0 Å². The van der Waals surface area contributed by atoms with Crippen molar-refractivity contribution in [2.75, 3.05) is 20.2 Å². The monoisotopic (exact) mass is 419 g/mol. The second-order valence-corrected chi connectivity index (χ2v) is 7.70. The molecule has 10 nitrogen and oxygen atoms in total. The number of ether oxygens (including phenoxy) is 2. The third-order valence-electron chi connectivity index (χ3n) is 4.11. The number of aromatic nitrogens is 2. The summed E-state index contributed by atoms with van der Waals surface area (Å²) in [5.74, 6) is -0.798. The van der Waals surface area contributed by atoms with Crippen LogP contribution in [-0.2, 0) is 16.0 Å². The maximum Gasteiger partial charge on any atom is 0.490 e. The summed E-state index contributed by atoms with van der Waals surface area (Å²) in [6.45, 7) is 7.40. The zero-order valence-corrected chi connectivity index (χ0v) is 17.7. The molecule has 0 aliphatic rings. The van der Waals surface area contributed by atoms with Gasteiger partial charge in [-0.25, -0.2) is 14.6 Å². The lowest BCUT2D eigenvalue weighted by Gasteiger charge is -2.25. The van der Waals surface area contributed by atoms with E-state index in [4.69, 9.17) is 9.47 Å². The second-order valence-electron chi connectivity index (χ2n) is 7.70. The Morgan fingerprint density at radius 1 is 1.30 bits per heavy atom. The first-order valence-corrected chi connectivity index (χ1v) is 9.45. The van der Waals surface area contributed by atoms with Gasteiger partial charge >= 0.3 is 19.2 Å². The van der Waals surface area contributed by atoms with Crippen molar-refractivity contribution < 1.29 is 29.1 Å². The molecule has 0 aliphatic carbocycles. The van der Waals surface area contributed by atoms with Crippen LogP contribution in [-0.4, -0.2) is 69.5 Å². The molecule has 0 aromatic carbocycles. The molecule has 30 heavy (non-hydrogen) atoms. The average Bonchev–Trinajstić information content (AvgIpc) is 2.65. The van der Waals surface area contributed by atoms with Crippen molar-refractivity contribution in [3.05, 3.63) is 34.2 Å². The first-order valence-electron chi connectivity index (χ1n) is 9.45. The Labute approximate surface area is 174 Å². The summed E-state index contributed by atoms with van der Waals surface area (Å²) in [7, 11) is -0.252. The molecule has 0 unspecified atom stereocenters. The number of esters is 1. The van der Waals surface area contributed by atoms with E-state index in [0.29, 0.717) is 0 Å². The van der Waals surface area contributed by atoms with Gasteiger partial charge < -0.3 is 29.0 Å². The van der Waals surface area contributed by atoms with Gasteiger partial charge in [-0.15, -0.1) is 0 Å². The summed E-state index contributed by atoms with van der Waals surface area (Å²) in [5, 5.41) is 18.8. The molecule has 0 saturated heterocycles. The largest absolute Gasteiger partial charge is 0.490 e. The van der Waals surface area contributed by atoms with Gasteiger partial charge in [0, 0.05) is 38.0 Å². The summed E-state index contributed by atoms with van der Waals surface area (Å²) < 4.78 is 11.8. The van der Waals surface area contributed by atoms with Gasteiger partial charge in [-0.05, 0) is 33.8 Å². The minimum Gasteiger partial charge on any atom is -0.462 e. The molecule has 2 heterocycles. The topological polar surface area (TPSA) is 131 Å². The molecule has 2 N–H and O–H groups in total. The predicted molar refractivity (Wildman–Crippen MR) is 111 cm³/mol. The molecule has 2 aromatic rings. The Morgan fingerprint density at radius 3 is 2.53 bits per heavy atom. The fourth-order valence-corrected chi connectivity index (χ4v) is 2.65. The van der Waals surface area contributed by atoms with Gasteiger partial charge in [0.15, 0.2) is 0 Å². The van der Waals surface area contributed by atoms with Gasteiger partial charge in [0.1, 0.15) is 16.8 Å². The van der Waals surface area contributed by atoms with Crippen LogP contribution in [0.1, 0.15) is 38.1 Å². The predicted octanol–water partition coefficient (Wildman–Crippen LogP) is 0.120. The molecule has 2 rings (SSSR count). The van der Waals surface area contributed by atoms with Gasteiger partial charge in [-0.2, -0.15) is 0 Å². The molecule has 162 valence electrons. The number of carbonyl (C=O) groups is 2. The standard InChI is InChI=1S/C19H26BN3O7/c1-6-29-17(25)14-11-23(8-7-22(5)18(26)30-19(2,3)4)16-13(15(14)24)9-12(10-21-16)20(27)28/h9-11,27-28H,6-8H2,1-5H3. The maximum absolute atomic E-state index is 12.8. The zero-order valence-electron chi connectivity index (χ0n) is 17.7. The smallest absolute Gasteiger partial charge is 0.462 e. The molecule has 0 atom stereocenters. The van der Waals surface area contributed by atoms with Crippen LogP contribution in [0.4, 0.5) is 4.79 Å². The quantitative estimate of drug-likeness (QED) is 0.499. The van der Waals surface area contributed by atoms with E-state index in [1.54, 1.807) is 34.7 Å². The first-order chi connectivity index (χ1) is 13.9. The van der Waals surface area contributed by atoms with Crippen LogP contribution < -0.4 is 10.9 Å². The minimum absolute atomic E-state index is 0.0121. The van der Waals surface area contributed by atoms with Crippen LogP contribution in [0.3, 0.4) is 0 Å². The lowest BCUT2D eigenvalue weighted by molar-refractivity contribution is 0.0293. The number of fused-ring (bicyclic) bond motifs is 1. The van der Waals surface area contributed by atoms with Gasteiger partial charge in [0.2, 0.25) is 5.43 Å². The molecule has 0 aliphatic heterocycles. The number of carbonyl (C=O) groups excluding carboxylic acids is 2. The number of pyridine rings is 2. The van der Waals surface area contributed by atoms with E-state index in [9.17, 15) is 24.4 Å². The van der Waals surface area contributed by atoms with Gasteiger partial charge in [-0.3, -0.25) is 4.79 Å². The Kier molecular flexibility index (Phi) is 7.22. The van der Waals surface area contributed by atoms with Crippen molar-refractivity contribution >= 4 is 35.7 Å². The Balaban J connectivity index is 2.45. The van der Waals surface area contributed by atoms with E-state index in [0.717, 1.165) is 0 Å². The summed E-state index contributed by atoms with van der Waals surface area (Å²) in [6.07, 6.45) is 2.04. The third kappa shape index (κ3) is 5.58. The zero-order chi connectivity index (χ0) is 22.6. The highest BCUT2D eigenvalue weighted by Crippen LogP contribution is 2.12. The average molecular weight is 419 g/mol. The number of nitrogens with zero attached hydrogens (tertiary/aromatic N) is 3. The molecule has 0 spiro atoms. The van der Waals surface area contributed by atoms with Crippen LogP contribution in [0.2, 0.25) is 0 Å². The van der Waals surface area contributed by atoms with Gasteiger partial charge in [0.05, 0.1) is 12.0 Å². The fraction of sp³-hybridized carbons (Fsp3) is 0.474. The van der Waals surface area contributed by atoms with Crippen molar-refractivity contribution in [3.8, 4) is 0 Å². The van der Waals surface area contributed by atoms with E-state index in [2.05, 4.69) is 4.98 Å². The van der Waals surface area contributed by atoms with Crippen LogP contribution >= 0.6 is 0 Å². The SMILES string of the molecule is CCOC(=O)c1cn(CCN(C)C(=O)OC(C)(C)C)c2ncc(B(O)O)cc2c1=O. The first kappa shape index (κ1) is 23.4. The summed E-state index contributed by atoms with van der Waals surface area (Å²) in [4.78, 5) is 42.7. The fourth-order valence-electron chi connectivity index (χ4n) is 2.65. The van der Waals surface area contributed by atoms with E-state index in [1.807, 2.05) is 0 Å². The van der Waals surface area contributed by atoms with Crippen molar-refractivity contribution in [2.45, 2.75) is 39.8 Å². The number of likely N-dealkylation sites (N-methyl/N-ethyl adjacent to an activating group) is 1. The summed E-state index contributed by atoms with van der Waals surface area (Å²) in [6, 6.07) is 1.27. The van der Waals surface area contributed by atoms with E-state index in [1.165, 1.54) is 27.9 Å². The van der Waals surface area contributed by atoms with Crippen molar-refractivity contribution in [1.29, 1.82) is 0 Å². The van der Waals surface area contributed by atoms with E-state index < -0.39 is 30.2 Å². The van der Waals surface area contributed by atoms with Crippen LogP contribution in [0.25, 0.3) is 11.0 Å². The van der Waals surface area contributed by atoms with Gasteiger partial charge in [-0.1, -0.05) is 0 Å². The molecule has 11 heteroatoms. The number of rotatable bonds is 6. The number of hydrogen-bond acceptors (Lipinski definition) is 8. The normalized spacial score (nSPS) is 11.3. The van der Waals surface area contributed by atoms with Gasteiger partial charge in [0.25, 0.3) is 0 Å². The van der Waals surface area contributed by atoms with Crippen molar-refractivity contribution in [3.63, 3.8) is 0 Å². The highest BCUT2D eigenvalue weighted by Gasteiger charge is 2.22. The molecular weight excluding hydrogens is 393 g/mol. The number of hydrogen-bond donors (Lipinski definition) is 2. The molecule has 0 saturated carbocycles. The molecule has 0 fully saturated rings. The lowest BCUT2D eigenvalue weighted by atomic mass is 9.81. The Hall–Kier alpha value is -2.92. The molecule has 0 bridgehead atoms. The van der Waals surface area contributed by atoms with Crippen molar-refractivity contribution in [1.82, 2.24) is 14.5 Å². The van der Waals surface area contributed by atoms with Crippen LogP contribution in [0.5, 0.6) is 0 Å². The number of amides is 1. The van der Waals surface area contributed by atoms with Crippen LogP contribution in [0.15, 0.2) is 23.3 Å². The minimum atomic E-state index is -1.82. The lowest BCUT2D eigenvalue weighted by Crippen LogP contribution is -2.36. The highest BCUT2D eigenvalue weighted by molar-refractivity contribution is 6.58. The summed E-state index contributed by atoms with van der Waals surface area (Å²) in [5.41, 5.74) is -1.24. The Morgan fingerprint density at radius 2 is 1.97 bits per heavy atom. The molecule has 0 radical (unpaired) electrons. The third-order valence-corrected chi connectivity index (χ3v) is 4.11. The molecule has 1 amide bonds. The highest BCUT2D eigenvalue weighted by atomic mass is 16.6. The van der Waals surface area contributed by atoms with Crippen molar-refractivity contribution in [2.24, 2.45) is 0 Å². The van der Waals surface area contributed by atoms with E-state index in [-0.39, 0.29) is 41.8 Å². The molecule has 2 aromatic heterocycles. The maximum atomic E-state index is 12.8. The molecular formula is C19H26BN3O7. The summed E-state index contributed by atoms with van der Waals surface area (Å²) >= 11 is 0. The van der Waals surface area contributed by atoms with Crippen LogP contribution in [0, 0.1) is 0 Å².